The van der Waals surface area contributed by atoms with Gasteiger partial charge in [0.25, 0.3) is 0 Å². The highest BCUT2D eigenvalue weighted by Crippen LogP contribution is 2.27. The van der Waals surface area contributed by atoms with Gasteiger partial charge in [0.15, 0.2) is 0 Å². The van der Waals surface area contributed by atoms with Crippen LogP contribution in [0.2, 0.25) is 0 Å². The van der Waals surface area contributed by atoms with Crippen LogP contribution in [0.4, 0.5) is 0 Å². The van der Waals surface area contributed by atoms with Crippen LogP contribution in [-0.4, -0.2) is 35.1 Å². The first-order chi connectivity index (χ1) is 8.91. The Morgan fingerprint density at radius 2 is 1.89 bits per heavy atom. The third kappa shape index (κ3) is 4.78. The molecule has 110 valence electrons. The molecule has 1 N–H and O–H groups in total. The van der Waals surface area contributed by atoms with Crippen molar-refractivity contribution in [2.75, 3.05) is 6.54 Å². The molecule has 0 amide bonds. The number of rotatable bonds is 7. The molecular weight excluding hydrogens is 234 g/mol. The SMILES string of the molecule is CCN(C(C)CC(C)(C#N)NC(C)C)C1CCCC1. The summed E-state index contributed by atoms with van der Waals surface area (Å²) in [6.07, 6.45) is 6.30. The molecule has 19 heavy (non-hydrogen) atoms. The summed E-state index contributed by atoms with van der Waals surface area (Å²) in [5.74, 6) is 0. The van der Waals surface area contributed by atoms with Gasteiger partial charge in [0.2, 0.25) is 0 Å². The van der Waals surface area contributed by atoms with Crippen LogP contribution in [0, 0.1) is 11.3 Å². The molecule has 0 aromatic rings. The summed E-state index contributed by atoms with van der Waals surface area (Å²) in [5.41, 5.74) is -0.417. The van der Waals surface area contributed by atoms with Crippen molar-refractivity contribution in [1.82, 2.24) is 10.2 Å². The lowest BCUT2D eigenvalue weighted by atomic mass is 9.92. The molecule has 0 saturated heterocycles. The average Bonchev–Trinajstić information content (AvgIpc) is 2.82. The van der Waals surface area contributed by atoms with Crippen molar-refractivity contribution in [3.05, 3.63) is 0 Å². The van der Waals surface area contributed by atoms with Crippen LogP contribution in [0.15, 0.2) is 0 Å². The highest BCUT2D eigenvalue weighted by molar-refractivity contribution is 5.06. The number of hydrogen-bond donors (Lipinski definition) is 1. The molecule has 1 aliphatic carbocycles. The summed E-state index contributed by atoms with van der Waals surface area (Å²) >= 11 is 0. The highest BCUT2D eigenvalue weighted by atomic mass is 15.2. The Balaban J connectivity index is 2.64. The Morgan fingerprint density at radius 3 is 2.32 bits per heavy atom. The predicted molar refractivity (Wildman–Crippen MR) is 81.0 cm³/mol. The van der Waals surface area contributed by atoms with Crippen LogP contribution in [0.3, 0.4) is 0 Å². The maximum Gasteiger partial charge on any atom is 0.105 e. The second kappa shape index (κ2) is 7.26. The van der Waals surface area contributed by atoms with Gasteiger partial charge >= 0.3 is 0 Å². The van der Waals surface area contributed by atoms with E-state index in [1.54, 1.807) is 0 Å². The largest absolute Gasteiger partial charge is 0.298 e. The smallest absolute Gasteiger partial charge is 0.105 e. The number of hydrogen-bond acceptors (Lipinski definition) is 3. The quantitative estimate of drug-likeness (QED) is 0.767. The molecule has 1 rings (SSSR count). The molecule has 1 fully saturated rings. The van der Waals surface area contributed by atoms with E-state index in [1.807, 2.05) is 6.92 Å². The van der Waals surface area contributed by atoms with Gasteiger partial charge < -0.3 is 0 Å². The van der Waals surface area contributed by atoms with Crippen LogP contribution in [0.5, 0.6) is 0 Å². The molecule has 1 saturated carbocycles. The van der Waals surface area contributed by atoms with Crippen LogP contribution in [-0.2, 0) is 0 Å². The zero-order chi connectivity index (χ0) is 14.5. The Hall–Kier alpha value is -0.590. The third-order valence-corrected chi connectivity index (χ3v) is 4.28. The fourth-order valence-electron chi connectivity index (χ4n) is 3.65. The normalized spacial score (nSPS) is 21.6. The molecule has 0 spiro atoms. The predicted octanol–water partition coefficient (Wildman–Crippen LogP) is 3.31. The zero-order valence-corrected chi connectivity index (χ0v) is 13.4. The molecular formula is C16H31N3. The monoisotopic (exact) mass is 265 g/mol. The molecule has 3 nitrogen and oxygen atoms in total. The Morgan fingerprint density at radius 1 is 1.32 bits per heavy atom. The molecule has 1 aliphatic rings. The molecule has 0 aromatic carbocycles. The second-order valence-corrected chi connectivity index (χ2v) is 6.56. The first kappa shape index (κ1) is 16.5. The minimum atomic E-state index is -0.417. The van der Waals surface area contributed by atoms with E-state index in [-0.39, 0.29) is 0 Å². The topological polar surface area (TPSA) is 39.1 Å². The van der Waals surface area contributed by atoms with Gasteiger partial charge in [-0.25, -0.2) is 0 Å². The first-order valence-corrected chi connectivity index (χ1v) is 7.86. The third-order valence-electron chi connectivity index (χ3n) is 4.28. The lowest BCUT2D eigenvalue weighted by Crippen LogP contribution is -2.51. The molecule has 0 bridgehead atoms. The first-order valence-electron chi connectivity index (χ1n) is 7.86. The van der Waals surface area contributed by atoms with E-state index in [2.05, 4.69) is 44.0 Å². The summed E-state index contributed by atoms with van der Waals surface area (Å²) in [4.78, 5) is 2.60. The van der Waals surface area contributed by atoms with E-state index in [1.165, 1.54) is 25.7 Å². The van der Waals surface area contributed by atoms with Crippen LogP contribution < -0.4 is 5.32 Å². The Bertz CT molecular complexity index is 302. The molecule has 0 aromatic heterocycles. The standard InChI is InChI=1S/C16H31N3/c1-6-19(15-9-7-8-10-15)14(4)11-16(5,12-17)18-13(2)3/h13-15,18H,6-11H2,1-5H3. The van der Waals surface area contributed by atoms with Crippen molar-refractivity contribution in [2.45, 2.75) is 90.4 Å². The van der Waals surface area contributed by atoms with Gasteiger partial charge in [0, 0.05) is 18.1 Å². The number of nitrogens with one attached hydrogen (secondary N) is 1. The summed E-state index contributed by atoms with van der Waals surface area (Å²) in [5, 5.41) is 12.9. The van der Waals surface area contributed by atoms with E-state index in [0.29, 0.717) is 12.1 Å². The van der Waals surface area contributed by atoms with Crippen molar-refractivity contribution in [1.29, 1.82) is 5.26 Å². The summed E-state index contributed by atoms with van der Waals surface area (Å²) < 4.78 is 0. The fourth-order valence-corrected chi connectivity index (χ4v) is 3.65. The number of nitrogens with zero attached hydrogens (tertiary/aromatic N) is 2. The van der Waals surface area contributed by atoms with Crippen molar-refractivity contribution in [3.63, 3.8) is 0 Å². The van der Waals surface area contributed by atoms with E-state index in [0.717, 1.165) is 19.0 Å². The molecule has 0 heterocycles. The van der Waals surface area contributed by atoms with E-state index >= 15 is 0 Å². The lowest BCUT2D eigenvalue weighted by molar-refractivity contribution is 0.129. The van der Waals surface area contributed by atoms with E-state index in [4.69, 9.17) is 0 Å². The summed E-state index contributed by atoms with van der Waals surface area (Å²) in [7, 11) is 0. The lowest BCUT2D eigenvalue weighted by Gasteiger charge is -2.37. The second-order valence-electron chi connectivity index (χ2n) is 6.56. The van der Waals surface area contributed by atoms with Crippen LogP contribution >= 0.6 is 0 Å². The van der Waals surface area contributed by atoms with Crippen molar-refractivity contribution >= 4 is 0 Å². The van der Waals surface area contributed by atoms with Gasteiger partial charge in [-0.15, -0.1) is 0 Å². The Labute approximate surface area is 119 Å². The highest BCUT2D eigenvalue weighted by Gasteiger charge is 2.32. The summed E-state index contributed by atoms with van der Waals surface area (Å²) in [6.45, 7) is 11.9. The minimum Gasteiger partial charge on any atom is -0.298 e. The van der Waals surface area contributed by atoms with Gasteiger partial charge in [-0.3, -0.25) is 10.2 Å². The van der Waals surface area contributed by atoms with Gasteiger partial charge in [-0.1, -0.05) is 19.8 Å². The molecule has 0 aliphatic heterocycles. The average molecular weight is 265 g/mol. The molecule has 2 atom stereocenters. The van der Waals surface area contributed by atoms with Crippen molar-refractivity contribution in [3.8, 4) is 6.07 Å². The molecule has 0 radical (unpaired) electrons. The zero-order valence-electron chi connectivity index (χ0n) is 13.4. The minimum absolute atomic E-state index is 0.346. The van der Waals surface area contributed by atoms with Crippen LogP contribution in [0.1, 0.15) is 66.7 Å². The van der Waals surface area contributed by atoms with E-state index < -0.39 is 5.54 Å². The molecule has 2 unspecified atom stereocenters. The van der Waals surface area contributed by atoms with Crippen molar-refractivity contribution in [2.24, 2.45) is 0 Å². The van der Waals surface area contributed by atoms with Crippen LogP contribution in [0.25, 0.3) is 0 Å². The van der Waals surface area contributed by atoms with Crippen molar-refractivity contribution < 1.29 is 0 Å². The van der Waals surface area contributed by atoms with Gasteiger partial charge in [0.1, 0.15) is 5.54 Å². The van der Waals surface area contributed by atoms with Gasteiger partial charge in [-0.05, 0) is 53.5 Å². The Kier molecular flexibility index (Phi) is 6.29. The fraction of sp³-hybridized carbons (Fsp3) is 0.938. The van der Waals surface area contributed by atoms with Gasteiger partial charge in [0.05, 0.1) is 6.07 Å². The maximum absolute atomic E-state index is 9.47. The maximum atomic E-state index is 9.47. The molecule has 3 heteroatoms. The van der Waals surface area contributed by atoms with Gasteiger partial charge in [-0.2, -0.15) is 5.26 Å². The number of nitriles is 1. The summed E-state index contributed by atoms with van der Waals surface area (Å²) in [6, 6.07) is 4.02. The van der Waals surface area contributed by atoms with E-state index in [9.17, 15) is 5.26 Å².